The highest BCUT2D eigenvalue weighted by Crippen LogP contribution is 2.22. The summed E-state index contributed by atoms with van der Waals surface area (Å²) in [4.78, 5) is 2.52. The fourth-order valence-corrected chi connectivity index (χ4v) is 2.69. The van der Waals surface area contributed by atoms with Gasteiger partial charge >= 0.3 is 0 Å². The van der Waals surface area contributed by atoms with Gasteiger partial charge in [0.1, 0.15) is 0 Å². The van der Waals surface area contributed by atoms with E-state index in [1.165, 1.54) is 11.1 Å². The molecule has 3 heteroatoms. The number of hydrogen-bond acceptors (Lipinski definition) is 3. The van der Waals surface area contributed by atoms with Crippen molar-refractivity contribution in [3.05, 3.63) is 35.4 Å². The summed E-state index contributed by atoms with van der Waals surface area (Å²) in [6.45, 7) is 10.4. The van der Waals surface area contributed by atoms with E-state index >= 15 is 0 Å². The minimum Gasteiger partial charge on any atom is -0.390 e. The lowest BCUT2D eigenvalue weighted by Gasteiger charge is -2.33. The highest BCUT2D eigenvalue weighted by Gasteiger charge is 2.18. The molecule has 1 heterocycles. The van der Waals surface area contributed by atoms with Crippen molar-refractivity contribution in [1.29, 1.82) is 0 Å². The van der Waals surface area contributed by atoms with Gasteiger partial charge in [-0.3, -0.25) is 4.90 Å². The van der Waals surface area contributed by atoms with E-state index in [2.05, 4.69) is 41.4 Å². The van der Waals surface area contributed by atoms with Gasteiger partial charge in [-0.05, 0) is 31.9 Å². The van der Waals surface area contributed by atoms with Crippen molar-refractivity contribution in [2.45, 2.75) is 38.8 Å². The summed E-state index contributed by atoms with van der Waals surface area (Å²) in [5.41, 5.74) is 1.93. The Morgan fingerprint density at radius 2 is 1.79 bits per heavy atom. The van der Waals surface area contributed by atoms with Crippen molar-refractivity contribution in [2.24, 2.45) is 0 Å². The second kappa shape index (κ2) is 6.04. The number of nitrogens with one attached hydrogen (secondary N) is 1. The van der Waals surface area contributed by atoms with Crippen molar-refractivity contribution < 1.29 is 5.11 Å². The molecular weight excluding hydrogens is 236 g/mol. The van der Waals surface area contributed by atoms with Crippen molar-refractivity contribution in [3.8, 4) is 0 Å². The van der Waals surface area contributed by atoms with Gasteiger partial charge in [0.2, 0.25) is 0 Å². The molecule has 0 radical (unpaired) electrons. The summed E-state index contributed by atoms with van der Waals surface area (Å²) in [5.74, 6) is 0. The van der Waals surface area contributed by atoms with Crippen LogP contribution in [-0.4, -0.2) is 41.8 Å². The molecule has 19 heavy (non-hydrogen) atoms. The van der Waals surface area contributed by atoms with Crippen LogP contribution in [0.25, 0.3) is 0 Å². The predicted octanol–water partition coefficient (Wildman–Crippen LogP) is 1.97. The van der Waals surface area contributed by atoms with Crippen LogP contribution in [0.3, 0.4) is 0 Å². The zero-order valence-corrected chi connectivity index (χ0v) is 12.3. The molecule has 1 saturated heterocycles. The van der Waals surface area contributed by atoms with Gasteiger partial charge in [0.25, 0.3) is 0 Å². The van der Waals surface area contributed by atoms with Crippen molar-refractivity contribution >= 4 is 0 Å². The lowest BCUT2D eigenvalue weighted by Crippen LogP contribution is -2.44. The van der Waals surface area contributed by atoms with Gasteiger partial charge in [0, 0.05) is 38.6 Å². The zero-order valence-electron chi connectivity index (χ0n) is 12.3. The molecule has 1 aromatic carbocycles. The Morgan fingerprint density at radius 1 is 1.21 bits per heavy atom. The maximum Gasteiger partial charge on any atom is 0.0631 e. The standard InChI is InChI=1S/C16H26N2O/c1-13(18-10-8-17-9-11-18)15-6-4-14(5-7-15)12-16(2,3)19/h4-7,13,17,19H,8-12H2,1-3H3. The summed E-state index contributed by atoms with van der Waals surface area (Å²) < 4.78 is 0. The monoisotopic (exact) mass is 262 g/mol. The van der Waals surface area contributed by atoms with E-state index < -0.39 is 5.60 Å². The minimum atomic E-state index is -0.633. The molecule has 3 nitrogen and oxygen atoms in total. The minimum absolute atomic E-state index is 0.471. The van der Waals surface area contributed by atoms with Gasteiger partial charge in [-0.15, -0.1) is 0 Å². The Balaban J connectivity index is 2.01. The number of aliphatic hydroxyl groups is 1. The third-order valence-electron chi connectivity index (χ3n) is 3.80. The fraction of sp³-hybridized carbons (Fsp3) is 0.625. The molecule has 1 aliphatic heterocycles. The molecule has 1 unspecified atom stereocenters. The number of benzene rings is 1. The molecule has 0 amide bonds. The third kappa shape index (κ3) is 4.30. The number of hydrogen-bond donors (Lipinski definition) is 2. The second-order valence-corrected chi connectivity index (χ2v) is 6.19. The molecule has 1 aliphatic rings. The zero-order chi connectivity index (χ0) is 13.9. The maximum atomic E-state index is 9.84. The fourth-order valence-electron chi connectivity index (χ4n) is 2.69. The van der Waals surface area contributed by atoms with E-state index in [0.717, 1.165) is 26.2 Å². The van der Waals surface area contributed by atoms with Gasteiger partial charge in [-0.1, -0.05) is 24.3 Å². The summed E-state index contributed by atoms with van der Waals surface area (Å²) in [6, 6.07) is 9.16. The van der Waals surface area contributed by atoms with Crippen LogP contribution in [0, 0.1) is 0 Å². The normalized spacial score (nSPS) is 19.4. The molecule has 1 fully saturated rings. The first kappa shape index (κ1) is 14.5. The first-order chi connectivity index (χ1) is 8.96. The van der Waals surface area contributed by atoms with Crippen molar-refractivity contribution in [1.82, 2.24) is 10.2 Å². The van der Waals surface area contributed by atoms with Gasteiger partial charge < -0.3 is 10.4 Å². The van der Waals surface area contributed by atoms with Gasteiger partial charge in [-0.25, -0.2) is 0 Å². The van der Waals surface area contributed by atoms with Crippen molar-refractivity contribution in [3.63, 3.8) is 0 Å². The smallest absolute Gasteiger partial charge is 0.0631 e. The van der Waals surface area contributed by atoms with Crippen LogP contribution < -0.4 is 5.32 Å². The summed E-state index contributed by atoms with van der Waals surface area (Å²) >= 11 is 0. The van der Waals surface area contributed by atoms with Crippen LogP contribution in [0.1, 0.15) is 37.9 Å². The van der Waals surface area contributed by atoms with E-state index in [0.29, 0.717) is 12.5 Å². The van der Waals surface area contributed by atoms with Crippen LogP contribution in [0.5, 0.6) is 0 Å². The SMILES string of the molecule is CC(c1ccc(CC(C)(C)O)cc1)N1CCNCC1. The number of nitrogens with zero attached hydrogens (tertiary/aromatic N) is 1. The molecule has 0 aliphatic carbocycles. The Hall–Kier alpha value is -0.900. The van der Waals surface area contributed by atoms with Crippen LogP contribution in [-0.2, 0) is 6.42 Å². The molecule has 0 aromatic heterocycles. The lowest BCUT2D eigenvalue weighted by molar-refractivity contribution is 0.0810. The van der Waals surface area contributed by atoms with Crippen LogP contribution >= 0.6 is 0 Å². The molecule has 0 saturated carbocycles. The Kier molecular flexibility index (Phi) is 4.61. The lowest BCUT2D eigenvalue weighted by atomic mass is 9.96. The van der Waals surface area contributed by atoms with E-state index in [1.54, 1.807) is 0 Å². The van der Waals surface area contributed by atoms with E-state index in [-0.39, 0.29) is 0 Å². The largest absolute Gasteiger partial charge is 0.390 e. The molecule has 1 aromatic rings. The molecular formula is C16H26N2O. The molecule has 2 rings (SSSR count). The predicted molar refractivity (Wildman–Crippen MR) is 79.3 cm³/mol. The summed E-state index contributed by atoms with van der Waals surface area (Å²) in [5, 5.41) is 13.2. The van der Waals surface area contributed by atoms with Gasteiger partial charge in [-0.2, -0.15) is 0 Å². The topological polar surface area (TPSA) is 35.5 Å². The Labute approximate surface area is 116 Å². The van der Waals surface area contributed by atoms with E-state index in [1.807, 2.05) is 13.8 Å². The van der Waals surface area contributed by atoms with E-state index in [9.17, 15) is 5.11 Å². The quantitative estimate of drug-likeness (QED) is 0.871. The molecule has 0 bridgehead atoms. The molecule has 2 N–H and O–H groups in total. The van der Waals surface area contributed by atoms with Crippen LogP contribution in [0.15, 0.2) is 24.3 Å². The average molecular weight is 262 g/mol. The molecule has 106 valence electrons. The Morgan fingerprint density at radius 3 is 2.32 bits per heavy atom. The molecule has 0 spiro atoms. The number of piperazine rings is 1. The van der Waals surface area contributed by atoms with E-state index in [4.69, 9.17) is 0 Å². The number of rotatable bonds is 4. The summed E-state index contributed by atoms with van der Waals surface area (Å²) in [6.07, 6.45) is 0.704. The second-order valence-electron chi connectivity index (χ2n) is 6.19. The highest BCUT2D eigenvalue weighted by molar-refractivity contribution is 5.25. The van der Waals surface area contributed by atoms with Crippen LogP contribution in [0.2, 0.25) is 0 Å². The summed E-state index contributed by atoms with van der Waals surface area (Å²) in [7, 11) is 0. The first-order valence-electron chi connectivity index (χ1n) is 7.22. The average Bonchev–Trinajstić information content (AvgIpc) is 2.38. The third-order valence-corrected chi connectivity index (χ3v) is 3.80. The Bertz CT molecular complexity index is 388. The highest BCUT2D eigenvalue weighted by atomic mass is 16.3. The van der Waals surface area contributed by atoms with Gasteiger partial charge in [0.05, 0.1) is 5.60 Å². The molecule has 1 atom stereocenters. The first-order valence-corrected chi connectivity index (χ1v) is 7.22. The maximum absolute atomic E-state index is 9.84. The van der Waals surface area contributed by atoms with Crippen molar-refractivity contribution in [2.75, 3.05) is 26.2 Å². The van der Waals surface area contributed by atoms with Gasteiger partial charge in [0.15, 0.2) is 0 Å². The van der Waals surface area contributed by atoms with Crippen LogP contribution in [0.4, 0.5) is 0 Å².